The first-order valence-electron chi connectivity index (χ1n) is 9.51. The Labute approximate surface area is 188 Å². The minimum absolute atomic E-state index is 0. The third kappa shape index (κ3) is 9.24. The van der Waals surface area contributed by atoms with E-state index in [0.717, 1.165) is 31.5 Å². The standard InChI is InChI=1S/C20H30F2N4O2.HI/c1-20(2,3)28-18(27)12-24-19(23-4)25-15-7-9-26(10-8-15)13-14-5-6-16(21)17(22)11-14;/h5-6,11,15H,7-10,12-13H2,1-4H3,(H2,23,24,25);1H. The SMILES string of the molecule is CN=C(NCC(=O)OC(C)(C)C)NC1CCN(Cc2ccc(F)c(F)c2)CC1.I. The van der Waals surface area contributed by atoms with Crippen molar-refractivity contribution in [2.24, 2.45) is 4.99 Å². The van der Waals surface area contributed by atoms with Crippen molar-refractivity contribution in [3.05, 3.63) is 35.4 Å². The van der Waals surface area contributed by atoms with Crippen LogP contribution in [0.25, 0.3) is 0 Å². The fraction of sp³-hybridized carbons (Fsp3) is 0.600. The Bertz CT molecular complexity index is 702. The van der Waals surface area contributed by atoms with E-state index in [0.29, 0.717) is 12.5 Å². The molecule has 0 saturated carbocycles. The average Bonchev–Trinajstić information content (AvgIpc) is 2.61. The normalized spacial score (nSPS) is 16.1. The van der Waals surface area contributed by atoms with Crippen LogP contribution in [-0.4, -0.2) is 55.2 Å². The molecule has 29 heavy (non-hydrogen) atoms. The summed E-state index contributed by atoms with van der Waals surface area (Å²) >= 11 is 0. The highest BCUT2D eigenvalue weighted by Crippen LogP contribution is 2.16. The number of nitrogens with one attached hydrogen (secondary N) is 2. The molecule has 1 aliphatic rings. The van der Waals surface area contributed by atoms with E-state index in [4.69, 9.17) is 4.74 Å². The Morgan fingerprint density at radius 1 is 1.24 bits per heavy atom. The molecule has 0 spiro atoms. The maximum absolute atomic E-state index is 13.3. The van der Waals surface area contributed by atoms with Gasteiger partial charge in [-0.2, -0.15) is 0 Å². The molecular formula is C20H31F2IN4O2. The Morgan fingerprint density at radius 2 is 1.90 bits per heavy atom. The number of hydrogen-bond donors (Lipinski definition) is 2. The lowest BCUT2D eigenvalue weighted by atomic mass is 10.0. The van der Waals surface area contributed by atoms with Gasteiger partial charge in [0.2, 0.25) is 0 Å². The van der Waals surface area contributed by atoms with Crippen LogP contribution in [0.2, 0.25) is 0 Å². The lowest BCUT2D eigenvalue weighted by Gasteiger charge is -2.33. The molecule has 1 saturated heterocycles. The van der Waals surface area contributed by atoms with E-state index in [1.165, 1.54) is 12.1 Å². The number of carbonyl (C=O) groups is 1. The van der Waals surface area contributed by atoms with Crippen molar-refractivity contribution in [1.82, 2.24) is 15.5 Å². The second kappa shape index (κ2) is 11.6. The van der Waals surface area contributed by atoms with Crippen LogP contribution in [0.1, 0.15) is 39.2 Å². The van der Waals surface area contributed by atoms with Crippen molar-refractivity contribution < 1.29 is 18.3 Å². The summed E-state index contributed by atoms with van der Waals surface area (Å²) in [6.45, 7) is 7.78. The van der Waals surface area contributed by atoms with Gasteiger partial charge >= 0.3 is 5.97 Å². The molecule has 0 atom stereocenters. The molecule has 1 heterocycles. The lowest BCUT2D eigenvalue weighted by molar-refractivity contribution is -0.153. The van der Waals surface area contributed by atoms with Gasteiger partial charge in [-0.1, -0.05) is 6.07 Å². The second-order valence-corrected chi connectivity index (χ2v) is 7.96. The number of likely N-dealkylation sites (tertiary alicyclic amines) is 1. The zero-order valence-electron chi connectivity index (χ0n) is 17.4. The van der Waals surface area contributed by atoms with E-state index in [1.807, 2.05) is 20.8 Å². The molecule has 1 aliphatic heterocycles. The summed E-state index contributed by atoms with van der Waals surface area (Å²) in [6.07, 6.45) is 1.77. The Balaban J connectivity index is 0.00000420. The summed E-state index contributed by atoms with van der Waals surface area (Å²) in [4.78, 5) is 18.2. The maximum atomic E-state index is 13.3. The Hall–Kier alpha value is -1.49. The predicted octanol–water partition coefficient (Wildman–Crippen LogP) is 3.05. The van der Waals surface area contributed by atoms with Crippen molar-refractivity contribution >= 4 is 35.9 Å². The zero-order valence-corrected chi connectivity index (χ0v) is 19.8. The van der Waals surface area contributed by atoms with E-state index < -0.39 is 17.2 Å². The highest BCUT2D eigenvalue weighted by molar-refractivity contribution is 14.0. The lowest BCUT2D eigenvalue weighted by Crippen LogP contribution is -2.49. The van der Waals surface area contributed by atoms with E-state index >= 15 is 0 Å². The predicted molar refractivity (Wildman–Crippen MR) is 120 cm³/mol. The fourth-order valence-electron chi connectivity index (χ4n) is 3.05. The van der Waals surface area contributed by atoms with E-state index in [2.05, 4.69) is 20.5 Å². The van der Waals surface area contributed by atoms with Crippen molar-refractivity contribution in [3.63, 3.8) is 0 Å². The molecule has 2 rings (SSSR count). The van der Waals surface area contributed by atoms with Crippen molar-refractivity contribution in [2.45, 2.75) is 51.8 Å². The number of esters is 1. The van der Waals surface area contributed by atoms with Gasteiger partial charge in [-0.3, -0.25) is 14.7 Å². The van der Waals surface area contributed by atoms with Gasteiger partial charge in [-0.25, -0.2) is 8.78 Å². The Morgan fingerprint density at radius 3 is 2.45 bits per heavy atom. The van der Waals surface area contributed by atoms with Crippen LogP contribution in [0, 0.1) is 11.6 Å². The molecule has 0 unspecified atom stereocenters. The van der Waals surface area contributed by atoms with Crippen LogP contribution < -0.4 is 10.6 Å². The highest BCUT2D eigenvalue weighted by atomic mass is 127. The molecule has 0 amide bonds. The quantitative estimate of drug-likeness (QED) is 0.269. The molecule has 0 bridgehead atoms. The average molecular weight is 524 g/mol. The van der Waals surface area contributed by atoms with Crippen LogP contribution in [-0.2, 0) is 16.1 Å². The largest absolute Gasteiger partial charge is 0.459 e. The number of aliphatic imine (C=N–C) groups is 1. The Kier molecular flexibility index (Phi) is 10.2. The van der Waals surface area contributed by atoms with Crippen LogP contribution >= 0.6 is 24.0 Å². The third-order valence-corrected chi connectivity index (χ3v) is 4.36. The van der Waals surface area contributed by atoms with Crippen LogP contribution in [0.15, 0.2) is 23.2 Å². The molecule has 0 aromatic heterocycles. The molecular weight excluding hydrogens is 493 g/mol. The first-order valence-corrected chi connectivity index (χ1v) is 9.51. The van der Waals surface area contributed by atoms with Crippen molar-refractivity contribution in [1.29, 1.82) is 0 Å². The van der Waals surface area contributed by atoms with Gasteiger partial charge in [0.05, 0.1) is 0 Å². The molecule has 0 radical (unpaired) electrons. The highest BCUT2D eigenvalue weighted by Gasteiger charge is 2.21. The number of ether oxygens (including phenoxy) is 1. The van der Waals surface area contributed by atoms with E-state index in [9.17, 15) is 13.6 Å². The molecule has 9 heteroatoms. The van der Waals surface area contributed by atoms with Gasteiger partial charge in [0.25, 0.3) is 0 Å². The number of halogens is 3. The maximum Gasteiger partial charge on any atom is 0.325 e. The summed E-state index contributed by atoms with van der Waals surface area (Å²) in [5.41, 5.74) is 0.246. The van der Waals surface area contributed by atoms with Gasteiger partial charge in [-0.05, 0) is 51.3 Å². The van der Waals surface area contributed by atoms with E-state index in [-0.39, 0.29) is 42.5 Å². The number of hydrogen-bond acceptors (Lipinski definition) is 4. The first-order chi connectivity index (χ1) is 13.2. The third-order valence-electron chi connectivity index (χ3n) is 4.36. The smallest absolute Gasteiger partial charge is 0.325 e. The summed E-state index contributed by atoms with van der Waals surface area (Å²) < 4.78 is 31.6. The topological polar surface area (TPSA) is 66.0 Å². The van der Waals surface area contributed by atoms with Crippen molar-refractivity contribution in [3.8, 4) is 0 Å². The van der Waals surface area contributed by atoms with Crippen LogP contribution in [0.4, 0.5) is 8.78 Å². The van der Waals surface area contributed by atoms with Gasteiger partial charge in [-0.15, -0.1) is 24.0 Å². The molecule has 0 aliphatic carbocycles. The monoisotopic (exact) mass is 524 g/mol. The van der Waals surface area contributed by atoms with Crippen molar-refractivity contribution in [2.75, 3.05) is 26.7 Å². The van der Waals surface area contributed by atoms with E-state index in [1.54, 1.807) is 13.1 Å². The van der Waals surface area contributed by atoms with Gasteiger partial charge in [0, 0.05) is 32.7 Å². The minimum Gasteiger partial charge on any atom is -0.459 e. The summed E-state index contributed by atoms with van der Waals surface area (Å²) in [5.74, 6) is -1.41. The summed E-state index contributed by atoms with van der Waals surface area (Å²) in [6, 6.07) is 4.26. The number of benzene rings is 1. The van der Waals surface area contributed by atoms with Crippen LogP contribution in [0.5, 0.6) is 0 Å². The first kappa shape index (κ1) is 25.5. The molecule has 2 N–H and O–H groups in total. The van der Waals surface area contributed by atoms with Gasteiger partial charge in [0.15, 0.2) is 17.6 Å². The summed E-state index contributed by atoms with van der Waals surface area (Å²) in [5, 5.41) is 6.29. The number of piperidine rings is 1. The number of carbonyl (C=O) groups excluding carboxylic acids is 1. The van der Waals surface area contributed by atoms with Crippen LogP contribution in [0.3, 0.4) is 0 Å². The molecule has 164 valence electrons. The molecule has 6 nitrogen and oxygen atoms in total. The van der Waals surface area contributed by atoms with Gasteiger partial charge < -0.3 is 15.4 Å². The number of guanidine groups is 1. The number of rotatable bonds is 5. The molecule has 1 aromatic rings. The molecule has 1 fully saturated rings. The number of nitrogens with zero attached hydrogens (tertiary/aromatic N) is 2. The summed E-state index contributed by atoms with van der Waals surface area (Å²) in [7, 11) is 1.66. The zero-order chi connectivity index (χ0) is 20.7. The minimum atomic E-state index is -0.822. The molecule has 1 aromatic carbocycles. The fourth-order valence-corrected chi connectivity index (χ4v) is 3.05. The second-order valence-electron chi connectivity index (χ2n) is 7.96. The van der Waals surface area contributed by atoms with Gasteiger partial charge in [0.1, 0.15) is 12.1 Å².